The van der Waals surface area contributed by atoms with E-state index in [1.54, 1.807) is 64.0 Å². The predicted octanol–water partition coefficient (Wildman–Crippen LogP) is 6.06. The average Bonchev–Trinajstić information content (AvgIpc) is 3.19. The quantitative estimate of drug-likeness (QED) is 0.290. The molecule has 2 aromatic heterocycles. The summed E-state index contributed by atoms with van der Waals surface area (Å²) in [5, 5.41) is 3.36. The van der Waals surface area contributed by atoms with E-state index >= 15 is 0 Å². The van der Waals surface area contributed by atoms with Gasteiger partial charge in [0.15, 0.2) is 0 Å². The maximum Gasteiger partial charge on any atom is 0.338 e. The van der Waals surface area contributed by atoms with Crippen LogP contribution < -0.4 is 15.7 Å². The summed E-state index contributed by atoms with van der Waals surface area (Å²) in [6.45, 7) is 5.37. The Morgan fingerprint density at radius 1 is 1.00 bits per heavy atom. The predicted molar refractivity (Wildman–Crippen MR) is 142 cm³/mol. The second kappa shape index (κ2) is 9.56. The first kappa shape index (κ1) is 23.1. The molecule has 2 heterocycles. The molecule has 3 aromatic carbocycles. The lowest BCUT2D eigenvalue weighted by atomic mass is 10.2. The number of nitrogens with one attached hydrogen (secondary N) is 1. The number of rotatable bonds is 6. The number of pyridine rings is 1. The van der Waals surface area contributed by atoms with Crippen molar-refractivity contribution in [2.75, 3.05) is 5.32 Å². The van der Waals surface area contributed by atoms with Gasteiger partial charge < -0.3 is 10.1 Å². The van der Waals surface area contributed by atoms with Crippen LogP contribution >= 0.6 is 11.6 Å². The topological polar surface area (TPSA) is 78.2 Å². The third kappa shape index (κ3) is 4.28. The van der Waals surface area contributed by atoms with Gasteiger partial charge in [-0.15, -0.1) is 0 Å². The molecule has 0 unspecified atom stereocenters. The molecule has 5 rings (SSSR count). The lowest BCUT2D eigenvalue weighted by Crippen LogP contribution is -2.22. The fraction of sp³-hybridized carbons (Fsp3) is 0.0357. The van der Waals surface area contributed by atoms with Crippen molar-refractivity contribution in [1.82, 2.24) is 14.1 Å². The van der Waals surface area contributed by atoms with Crippen LogP contribution in [0.1, 0.15) is 5.56 Å². The molecule has 0 saturated heterocycles. The van der Waals surface area contributed by atoms with Gasteiger partial charge in [-0.2, -0.15) is 0 Å². The molecular weight excluding hydrogens is 476 g/mol. The Morgan fingerprint density at radius 3 is 2.53 bits per heavy atom. The molecular formula is C28H21ClN4O3. The first-order valence-electron chi connectivity index (χ1n) is 11.1. The van der Waals surface area contributed by atoms with E-state index in [2.05, 4.69) is 16.9 Å². The van der Waals surface area contributed by atoms with Crippen molar-refractivity contribution in [1.29, 1.82) is 0 Å². The SMILES string of the molecule is C=CC(=O)Nc1cccc(-n2c(=O)n(-c3ccc(Oc4cccc(Cl)c4C)cc3)c3cnccc32)c1. The zero-order valence-electron chi connectivity index (χ0n) is 19.3. The summed E-state index contributed by atoms with van der Waals surface area (Å²) < 4.78 is 9.17. The largest absolute Gasteiger partial charge is 0.457 e. The molecule has 0 aliphatic rings. The highest BCUT2D eigenvalue weighted by Crippen LogP contribution is 2.30. The summed E-state index contributed by atoms with van der Waals surface area (Å²) in [6, 6.07) is 21.6. The Morgan fingerprint density at radius 2 is 1.75 bits per heavy atom. The summed E-state index contributed by atoms with van der Waals surface area (Å²) in [5.41, 5.74) is 3.71. The minimum Gasteiger partial charge on any atom is -0.457 e. The zero-order valence-corrected chi connectivity index (χ0v) is 20.1. The van der Waals surface area contributed by atoms with Crippen LogP contribution in [0.2, 0.25) is 5.02 Å². The van der Waals surface area contributed by atoms with Gasteiger partial charge in [-0.05, 0) is 73.7 Å². The number of ether oxygens (including phenoxy) is 1. The second-order valence-electron chi connectivity index (χ2n) is 8.02. The van der Waals surface area contributed by atoms with Gasteiger partial charge in [-0.1, -0.05) is 30.3 Å². The average molecular weight is 497 g/mol. The molecule has 0 bridgehead atoms. The maximum absolute atomic E-state index is 13.7. The van der Waals surface area contributed by atoms with Crippen LogP contribution in [-0.4, -0.2) is 20.0 Å². The van der Waals surface area contributed by atoms with E-state index in [4.69, 9.17) is 16.3 Å². The fourth-order valence-corrected chi connectivity index (χ4v) is 4.12. The van der Waals surface area contributed by atoms with Gasteiger partial charge in [-0.25, -0.2) is 4.79 Å². The summed E-state index contributed by atoms with van der Waals surface area (Å²) in [5.74, 6) is 0.947. The molecule has 36 heavy (non-hydrogen) atoms. The standard InChI is InChI=1S/C28H21ClN4O3/c1-3-27(34)31-19-6-4-7-21(16-19)33-24-14-15-30-17-25(24)32(28(33)35)20-10-12-22(13-11-20)36-26-9-5-8-23(29)18(26)2/h3-17H,1H2,2H3,(H,31,34). The van der Waals surface area contributed by atoms with Crippen LogP contribution in [-0.2, 0) is 4.79 Å². The van der Waals surface area contributed by atoms with E-state index in [1.807, 2.05) is 37.3 Å². The van der Waals surface area contributed by atoms with E-state index in [0.717, 1.165) is 5.56 Å². The molecule has 0 fully saturated rings. The van der Waals surface area contributed by atoms with Crippen LogP contribution in [0.5, 0.6) is 11.5 Å². The van der Waals surface area contributed by atoms with Crippen molar-refractivity contribution in [2.24, 2.45) is 0 Å². The number of hydrogen-bond donors (Lipinski definition) is 1. The molecule has 1 N–H and O–H groups in total. The zero-order chi connectivity index (χ0) is 25.2. The Kier molecular flexibility index (Phi) is 6.14. The number of amides is 1. The number of nitrogens with zero attached hydrogens (tertiary/aromatic N) is 3. The fourth-order valence-electron chi connectivity index (χ4n) is 3.95. The highest BCUT2D eigenvalue weighted by molar-refractivity contribution is 6.31. The number of anilines is 1. The van der Waals surface area contributed by atoms with Crippen LogP contribution in [0.25, 0.3) is 22.4 Å². The first-order valence-corrected chi connectivity index (χ1v) is 11.5. The summed E-state index contributed by atoms with van der Waals surface area (Å²) >= 11 is 6.20. The van der Waals surface area contributed by atoms with Crippen molar-refractivity contribution in [3.63, 3.8) is 0 Å². The third-order valence-corrected chi connectivity index (χ3v) is 6.15. The molecule has 0 aliphatic carbocycles. The van der Waals surface area contributed by atoms with E-state index < -0.39 is 0 Å². The molecule has 5 aromatic rings. The molecule has 0 aliphatic heterocycles. The van der Waals surface area contributed by atoms with Gasteiger partial charge >= 0.3 is 5.69 Å². The summed E-state index contributed by atoms with van der Waals surface area (Å²) in [7, 11) is 0. The number of fused-ring (bicyclic) bond motifs is 1. The van der Waals surface area contributed by atoms with Crippen LogP contribution in [0.4, 0.5) is 5.69 Å². The van der Waals surface area contributed by atoms with E-state index in [0.29, 0.717) is 44.6 Å². The number of carbonyl (C=O) groups is 1. The molecule has 0 radical (unpaired) electrons. The lowest BCUT2D eigenvalue weighted by Gasteiger charge is -2.10. The van der Waals surface area contributed by atoms with Crippen molar-refractivity contribution < 1.29 is 9.53 Å². The molecule has 7 nitrogen and oxygen atoms in total. The Balaban J connectivity index is 1.56. The normalized spacial score (nSPS) is 10.8. The number of imidazole rings is 1. The van der Waals surface area contributed by atoms with Crippen LogP contribution in [0, 0.1) is 6.92 Å². The van der Waals surface area contributed by atoms with E-state index in [-0.39, 0.29) is 11.6 Å². The van der Waals surface area contributed by atoms with Crippen molar-refractivity contribution in [3.05, 3.63) is 119 Å². The van der Waals surface area contributed by atoms with Crippen molar-refractivity contribution in [3.8, 4) is 22.9 Å². The molecule has 0 spiro atoms. The number of halogens is 1. The minimum atomic E-state index is -0.332. The van der Waals surface area contributed by atoms with Crippen LogP contribution in [0.3, 0.4) is 0 Å². The Bertz CT molecular complexity index is 1670. The minimum absolute atomic E-state index is 0.274. The highest BCUT2D eigenvalue weighted by atomic mass is 35.5. The van der Waals surface area contributed by atoms with Gasteiger partial charge in [0.2, 0.25) is 5.91 Å². The van der Waals surface area contributed by atoms with Gasteiger partial charge in [-0.3, -0.25) is 18.9 Å². The first-order chi connectivity index (χ1) is 17.5. The summed E-state index contributed by atoms with van der Waals surface area (Å²) in [6.07, 6.45) is 4.48. The smallest absolute Gasteiger partial charge is 0.338 e. The van der Waals surface area contributed by atoms with Gasteiger partial charge in [0.05, 0.1) is 28.6 Å². The van der Waals surface area contributed by atoms with Crippen molar-refractivity contribution in [2.45, 2.75) is 6.92 Å². The Hall–Kier alpha value is -4.62. The number of benzene rings is 3. The molecule has 8 heteroatoms. The number of hydrogen-bond acceptors (Lipinski definition) is 4. The molecule has 1 amide bonds. The third-order valence-electron chi connectivity index (χ3n) is 5.74. The number of aromatic nitrogens is 3. The molecule has 0 atom stereocenters. The molecule has 0 saturated carbocycles. The van der Waals surface area contributed by atoms with Crippen molar-refractivity contribution >= 4 is 34.2 Å². The lowest BCUT2D eigenvalue weighted by molar-refractivity contribution is -0.111. The second-order valence-corrected chi connectivity index (χ2v) is 8.43. The van der Waals surface area contributed by atoms with Gasteiger partial charge in [0.1, 0.15) is 11.5 Å². The van der Waals surface area contributed by atoms with Gasteiger partial charge in [0.25, 0.3) is 0 Å². The van der Waals surface area contributed by atoms with E-state index in [9.17, 15) is 9.59 Å². The molecule has 178 valence electrons. The van der Waals surface area contributed by atoms with Gasteiger partial charge in [0, 0.05) is 22.5 Å². The highest BCUT2D eigenvalue weighted by Gasteiger charge is 2.17. The maximum atomic E-state index is 13.7. The monoisotopic (exact) mass is 496 g/mol. The Labute approximate surface area is 211 Å². The number of carbonyl (C=O) groups excluding carboxylic acids is 1. The summed E-state index contributed by atoms with van der Waals surface area (Å²) in [4.78, 5) is 29.7. The van der Waals surface area contributed by atoms with E-state index in [1.165, 1.54) is 6.08 Å². The van der Waals surface area contributed by atoms with Crippen LogP contribution in [0.15, 0.2) is 103 Å².